The molecule has 0 saturated carbocycles. The molecule has 138 valence electrons. The maximum absolute atomic E-state index is 5.43. The van der Waals surface area contributed by atoms with Crippen molar-refractivity contribution >= 4 is 17.3 Å². The molecule has 0 saturated heterocycles. The van der Waals surface area contributed by atoms with E-state index in [0.29, 0.717) is 11.7 Å². The average molecular weight is 380 g/mol. The Morgan fingerprint density at radius 3 is 2.89 bits per heavy atom. The van der Waals surface area contributed by atoms with Gasteiger partial charge in [-0.2, -0.15) is 0 Å². The Morgan fingerprint density at radius 2 is 2.19 bits per heavy atom. The molecule has 0 radical (unpaired) electrons. The average Bonchev–Trinajstić information content (AvgIpc) is 3.41. The number of hydrogen-bond donors (Lipinski definition) is 1. The van der Waals surface area contributed by atoms with E-state index in [4.69, 9.17) is 9.51 Å². The fourth-order valence-corrected chi connectivity index (χ4v) is 3.56. The van der Waals surface area contributed by atoms with Crippen molar-refractivity contribution in [2.45, 2.75) is 26.8 Å². The van der Waals surface area contributed by atoms with Crippen LogP contribution in [0.3, 0.4) is 0 Å². The second-order valence-electron chi connectivity index (χ2n) is 6.21. The smallest absolute Gasteiger partial charge is 0.223 e. The third-order valence-electron chi connectivity index (χ3n) is 4.22. The zero-order valence-corrected chi connectivity index (χ0v) is 16.0. The zero-order chi connectivity index (χ0) is 18.6. The summed E-state index contributed by atoms with van der Waals surface area (Å²) in [4.78, 5) is 14.5. The fraction of sp³-hybridized carbons (Fsp3) is 0.263. The molecule has 1 N–H and O–H groups in total. The van der Waals surface area contributed by atoms with Gasteiger partial charge in [0.1, 0.15) is 5.82 Å². The van der Waals surface area contributed by atoms with E-state index in [1.807, 2.05) is 49.8 Å². The van der Waals surface area contributed by atoms with E-state index in [9.17, 15) is 0 Å². The Balaban J connectivity index is 1.50. The van der Waals surface area contributed by atoms with Crippen molar-refractivity contribution in [1.29, 1.82) is 0 Å². The minimum atomic E-state index is 0.612. The molecule has 4 rings (SSSR count). The number of anilines is 1. The molecule has 0 amide bonds. The van der Waals surface area contributed by atoms with Crippen LogP contribution in [-0.4, -0.2) is 31.2 Å². The summed E-state index contributed by atoms with van der Waals surface area (Å²) < 4.78 is 7.56. The molecule has 7 nitrogen and oxygen atoms in total. The van der Waals surface area contributed by atoms with Crippen molar-refractivity contribution in [3.05, 3.63) is 53.7 Å². The van der Waals surface area contributed by atoms with Crippen LogP contribution >= 0.6 is 11.3 Å². The van der Waals surface area contributed by atoms with E-state index < -0.39 is 0 Å². The van der Waals surface area contributed by atoms with E-state index in [2.05, 4.69) is 25.0 Å². The minimum Gasteiger partial charge on any atom is -0.356 e. The summed E-state index contributed by atoms with van der Waals surface area (Å²) >= 11 is 1.64. The molecule has 0 atom stereocenters. The standard InChI is InChI=1S/C19H20N6OS/c1-13-11-16(26-24-13)15-12-22-19(23-18(15)17-5-3-10-27-17)21-6-4-8-25-9-7-20-14(25)2/h3,5,7,9-12H,4,6,8H2,1-2H3,(H,21,22,23). The summed E-state index contributed by atoms with van der Waals surface area (Å²) in [7, 11) is 0. The third-order valence-corrected chi connectivity index (χ3v) is 5.10. The lowest BCUT2D eigenvalue weighted by Crippen LogP contribution is -2.09. The number of rotatable bonds is 7. The van der Waals surface area contributed by atoms with Gasteiger partial charge >= 0.3 is 0 Å². The van der Waals surface area contributed by atoms with Crippen LogP contribution in [0, 0.1) is 13.8 Å². The van der Waals surface area contributed by atoms with Gasteiger partial charge in [-0.1, -0.05) is 11.2 Å². The molecule has 0 spiro atoms. The first-order chi connectivity index (χ1) is 13.2. The van der Waals surface area contributed by atoms with E-state index in [-0.39, 0.29) is 0 Å². The maximum atomic E-state index is 5.43. The lowest BCUT2D eigenvalue weighted by Gasteiger charge is -2.09. The molecule has 4 heterocycles. The molecule has 8 heteroatoms. The van der Waals surface area contributed by atoms with Crippen LogP contribution in [-0.2, 0) is 6.54 Å². The molecule has 27 heavy (non-hydrogen) atoms. The van der Waals surface area contributed by atoms with Gasteiger partial charge in [0.2, 0.25) is 5.95 Å². The fourth-order valence-electron chi connectivity index (χ4n) is 2.83. The second kappa shape index (κ2) is 7.71. The second-order valence-corrected chi connectivity index (χ2v) is 7.16. The highest BCUT2D eigenvalue weighted by Crippen LogP contribution is 2.33. The molecule has 4 aromatic rings. The first-order valence-corrected chi connectivity index (χ1v) is 9.65. The predicted octanol–water partition coefficient (Wildman–Crippen LogP) is 4.18. The molecule has 0 fully saturated rings. The van der Waals surface area contributed by atoms with E-state index in [1.54, 1.807) is 17.5 Å². The van der Waals surface area contributed by atoms with E-state index in [0.717, 1.165) is 47.2 Å². The van der Waals surface area contributed by atoms with Crippen molar-refractivity contribution < 1.29 is 4.52 Å². The highest BCUT2D eigenvalue weighted by atomic mass is 32.1. The van der Waals surface area contributed by atoms with E-state index in [1.165, 1.54) is 0 Å². The molecule has 0 unspecified atom stereocenters. The lowest BCUT2D eigenvalue weighted by molar-refractivity contribution is 0.427. The first kappa shape index (κ1) is 17.4. The summed E-state index contributed by atoms with van der Waals surface area (Å²) in [6.07, 6.45) is 6.57. The Kier molecular flexibility index (Phi) is 4.97. The van der Waals surface area contributed by atoms with Crippen LogP contribution in [0.2, 0.25) is 0 Å². The minimum absolute atomic E-state index is 0.612. The SMILES string of the molecule is Cc1cc(-c2cnc(NCCCn3ccnc3C)nc2-c2cccs2)on1. The van der Waals surface area contributed by atoms with E-state index >= 15 is 0 Å². The molecule has 0 bridgehead atoms. The molecule has 0 aromatic carbocycles. The lowest BCUT2D eigenvalue weighted by atomic mass is 10.1. The van der Waals surface area contributed by atoms with Crippen LogP contribution in [0.5, 0.6) is 0 Å². The molecular weight excluding hydrogens is 360 g/mol. The molecule has 0 aliphatic carbocycles. The number of aryl methyl sites for hydroxylation is 3. The van der Waals surface area contributed by atoms with Crippen molar-refractivity contribution in [3.8, 4) is 21.9 Å². The number of thiophene rings is 1. The zero-order valence-electron chi connectivity index (χ0n) is 15.2. The summed E-state index contributed by atoms with van der Waals surface area (Å²) in [6.45, 7) is 5.60. The van der Waals surface area contributed by atoms with Gasteiger partial charge in [-0.25, -0.2) is 15.0 Å². The van der Waals surface area contributed by atoms with Crippen LogP contribution in [0.25, 0.3) is 21.9 Å². The van der Waals surface area contributed by atoms with Crippen molar-refractivity contribution in [3.63, 3.8) is 0 Å². The van der Waals surface area contributed by atoms with Crippen molar-refractivity contribution in [2.24, 2.45) is 0 Å². The van der Waals surface area contributed by atoms with Crippen LogP contribution in [0.1, 0.15) is 17.9 Å². The third kappa shape index (κ3) is 3.90. The Labute approximate surface area is 161 Å². The Morgan fingerprint density at radius 1 is 1.26 bits per heavy atom. The van der Waals surface area contributed by atoms with Crippen molar-refractivity contribution in [1.82, 2.24) is 24.7 Å². The van der Waals surface area contributed by atoms with Crippen molar-refractivity contribution in [2.75, 3.05) is 11.9 Å². The monoisotopic (exact) mass is 380 g/mol. The van der Waals surface area contributed by atoms with Gasteiger partial charge in [0.25, 0.3) is 0 Å². The first-order valence-electron chi connectivity index (χ1n) is 8.77. The predicted molar refractivity (Wildman–Crippen MR) is 106 cm³/mol. The van der Waals surface area contributed by atoms with Gasteiger partial charge in [-0.3, -0.25) is 0 Å². The highest BCUT2D eigenvalue weighted by Gasteiger charge is 2.16. The molecule has 4 aromatic heterocycles. The molecular formula is C19H20N6OS. The Bertz CT molecular complexity index is 1020. The van der Waals surface area contributed by atoms with Gasteiger partial charge in [0, 0.05) is 37.7 Å². The maximum Gasteiger partial charge on any atom is 0.223 e. The van der Waals surface area contributed by atoms with Gasteiger partial charge in [0.05, 0.1) is 21.8 Å². The molecule has 0 aliphatic rings. The summed E-state index contributed by atoms with van der Waals surface area (Å²) in [5.74, 6) is 2.32. The summed E-state index contributed by atoms with van der Waals surface area (Å²) in [5, 5.41) is 9.33. The highest BCUT2D eigenvalue weighted by molar-refractivity contribution is 7.13. The van der Waals surface area contributed by atoms with Gasteiger partial charge < -0.3 is 14.4 Å². The quantitative estimate of drug-likeness (QED) is 0.485. The number of hydrogen-bond acceptors (Lipinski definition) is 7. The van der Waals surface area contributed by atoms with Gasteiger partial charge in [-0.15, -0.1) is 11.3 Å². The number of aromatic nitrogens is 5. The number of imidazole rings is 1. The normalized spacial score (nSPS) is 11.0. The van der Waals surface area contributed by atoms with Crippen LogP contribution in [0.4, 0.5) is 5.95 Å². The van der Waals surface area contributed by atoms with Crippen LogP contribution in [0.15, 0.2) is 46.7 Å². The van der Waals surface area contributed by atoms with Gasteiger partial charge in [0.15, 0.2) is 5.76 Å². The number of nitrogens with one attached hydrogen (secondary N) is 1. The topological polar surface area (TPSA) is 81.7 Å². The molecule has 0 aliphatic heterocycles. The summed E-state index contributed by atoms with van der Waals surface area (Å²) in [5.41, 5.74) is 2.53. The Hall–Kier alpha value is -3.00. The number of nitrogens with zero attached hydrogens (tertiary/aromatic N) is 5. The summed E-state index contributed by atoms with van der Waals surface area (Å²) in [6, 6.07) is 5.96. The van der Waals surface area contributed by atoms with Crippen LogP contribution < -0.4 is 5.32 Å². The van der Waals surface area contributed by atoms with Gasteiger partial charge in [-0.05, 0) is 31.7 Å². The largest absolute Gasteiger partial charge is 0.356 e.